The molecule has 0 unspecified atom stereocenters. The number of hydrazone groups is 1. The van der Waals surface area contributed by atoms with Crippen LogP contribution in [0.1, 0.15) is 5.56 Å². The number of nitrogens with zero attached hydrogens (tertiary/aromatic N) is 1. The Bertz CT molecular complexity index is 1090. The SMILES string of the molecule is COc1ccccc1OCCOc1c(Cl)cc(/C=N\NC(=O)Nc2ccccc2)cc1OC. The molecular weight excluding hydrogens is 446 g/mol. The number of carbonyl (C=O) groups is 1. The lowest BCUT2D eigenvalue weighted by atomic mass is 10.2. The largest absolute Gasteiger partial charge is 0.493 e. The molecule has 0 saturated heterocycles. The second kappa shape index (κ2) is 12.2. The van der Waals surface area contributed by atoms with Gasteiger partial charge in [-0.1, -0.05) is 41.9 Å². The zero-order valence-corrected chi connectivity index (χ0v) is 19.0. The Hall–Kier alpha value is -3.91. The van der Waals surface area contributed by atoms with Crippen LogP contribution in [0.5, 0.6) is 23.0 Å². The number of halogens is 1. The van der Waals surface area contributed by atoms with Crippen LogP contribution in [0.15, 0.2) is 71.8 Å². The fourth-order valence-electron chi connectivity index (χ4n) is 2.83. The molecule has 9 heteroatoms. The van der Waals surface area contributed by atoms with Crippen molar-refractivity contribution in [3.05, 3.63) is 77.3 Å². The van der Waals surface area contributed by atoms with Crippen LogP contribution in [0.2, 0.25) is 5.02 Å². The molecule has 0 saturated carbocycles. The highest BCUT2D eigenvalue weighted by atomic mass is 35.5. The Kier molecular flexibility index (Phi) is 8.79. The Morgan fingerprint density at radius 3 is 2.30 bits per heavy atom. The number of urea groups is 1. The second-order valence-corrected chi connectivity index (χ2v) is 6.98. The van der Waals surface area contributed by atoms with Gasteiger partial charge in [-0.15, -0.1) is 0 Å². The fraction of sp³-hybridized carbons (Fsp3) is 0.167. The lowest BCUT2D eigenvalue weighted by Crippen LogP contribution is -2.24. The summed E-state index contributed by atoms with van der Waals surface area (Å²) in [5.41, 5.74) is 3.67. The first-order valence-electron chi connectivity index (χ1n) is 10.0. The first-order chi connectivity index (χ1) is 16.1. The minimum absolute atomic E-state index is 0.239. The van der Waals surface area contributed by atoms with Crippen molar-refractivity contribution in [2.45, 2.75) is 0 Å². The van der Waals surface area contributed by atoms with Crippen LogP contribution in [0.25, 0.3) is 0 Å². The molecule has 0 aliphatic carbocycles. The highest BCUT2D eigenvalue weighted by molar-refractivity contribution is 6.32. The number of methoxy groups -OCH3 is 2. The van der Waals surface area contributed by atoms with Gasteiger partial charge in [-0.3, -0.25) is 0 Å². The van der Waals surface area contributed by atoms with Gasteiger partial charge < -0.3 is 24.3 Å². The molecule has 0 bridgehead atoms. The predicted molar refractivity (Wildman–Crippen MR) is 128 cm³/mol. The van der Waals surface area contributed by atoms with E-state index in [2.05, 4.69) is 15.8 Å². The smallest absolute Gasteiger partial charge is 0.339 e. The van der Waals surface area contributed by atoms with Gasteiger partial charge in [-0.05, 0) is 42.0 Å². The maximum Gasteiger partial charge on any atom is 0.339 e. The summed E-state index contributed by atoms with van der Waals surface area (Å²) in [5.74, 6) is 2.07. The summed E-state index contributed by atoms with van der Waals surface area (Å²) >= 11 is 6.38. The minimum atomic E-state index is -0.467. The number of benzene rings is 3. The topological polar surface area (TPSA) is 90.4 Å². The van der Waals surface area contributed by atoms with Crippen molar-refractivity contribution in [1.29, 1.82) is 0 Å². The van der Waals surface area contributed by atoms with Crippen LogP contribution in [0.4, 0.5) is 10.5 Å². The maximum absolute atomic E-state index is 11.9. The second-order valence-electron chi connectivity index (χ2n) is 6.57. The average molecular weight is 470 g/mol. The van der Waals surface area contributed by atoms with E-state index in [-0.39, 0.29) is 13.2 Å². The van der Waals surface area contributed by atoms with Gasteiger partial charge in [0.05, 0.1) is 25.5 Å². The molecule has 0 atom stereocenters. The van der Waals surface area contributed by atoms with Crippen molar-refractivity contribution in [3.8, 4) is 23.0 Å². The number of rotatable bonds is 10. The van der Waals surface area contributed by atoms with Gasteiger partial charge in [0.1, 0.15) is 13.2 Å². The van der Waals surface area contributed by atoms with Crippen molar-refractivity contribution in [1.82, 2.24) is 5.43 Å². The van der Waals surface area contributed by atoms with Gasteiger partial charge in [-0.25, -0.2) is 10.2 Å². The van der Waals surface area contributed by atoms with Crippen molar-refractivity contribution in [2.24, 2.45) is 5.10 Å². The maximum atomic E-state index is 11.9. The summed E-state index contributed by atoms with van der Waals surface area (Å²) < 4.78 is 22.1. The molecule has 3 aromatic rings. The molecule has 172 valence electrons. The quantitative estimate of drug-likeness (QED) is 0.248. The Morgan fingerprint density at radius 1 is 0.909 bits per heavy atom. The molecular formula is C24H24ClN3O5. The number of nitrogens with one attached hydrogen (secondary N) is 2. The number of hydrogen-bond acceptors (Lipinski definition) is 6. The van der Waals surface area contributed by atoms with Crippen LogP contribution in [-0.4, -0.2) is 39.7 Å². The predicted octanol–water partition coefficient (Wildman–Crippen LogP) is 4.97. The summed E-state index contributed by atoms with van der Waals surface area (Å²) in [4.78, 5) is 11.9. The van der Waals surface area contributed by atoms with Crippen LogP contribution in [0.3, 0.4) is 0 Å². The highest BCUT2D eigenvalue weighted by Crippen LogP contribution is 2.36. The monoisotopic (exact) mass is 469 g/mol. The molecule has 2 N–H and O–H groups in total. The fourth-order valence-corrected chi connectivity index (χ4v) is 3.11. The van der Waals surface area contributed by atoms with Crippen LogP contribution in [0, 0.1) is 0 Å². The van der Waals surface area contributed by atoms with E-state index in [1.54, 1.807) is 31.4 Å². The number of hydrogen-bond donors (Lipinski definition) is 2. The van der Waals surface area contributed by atoms with E-state index < -0.39 is 6.03 Å². The third-order valence-electron chi connectivity index (χ3n) is 4.32. The molecule has 0 aliphatic heterocycles. The molecule has 2 amide bonds. The van der Waals surface area contributed by atoms with E-state index in [0.29, 0.717) is 39.3 Å². The summed E-state index contributed by atoms with van der Waals surface area (Å²) in [6.45, 7) is 0.520. The van der Waals surface area contributed by atoms with E-state index in [4.69, 9.17) is 30.5 Å². The number of anilines is 1. The van der Waals surface area contributed by atoms with Gasteiger partial charge in [0.2, 0.25) is 0 Å². The summed E-state index contributed by atoms with van der Waals surface area (Å²) in [6, 6.07) is 19.3. The molecule has 0 aromatic heterocycles. The molecule has 3 aromatic carbocycles. The Labute approximate surface area is 197 Å². The zero-order valence-electron chi connectivity index (χ0n) is 18.2. The van der Waals surface area contributed by atoms with E-state index in [9.17, 15) is 4.79 Å². The molecule has 3 rings (SSSR count). The van der Waals surface area contributed by atoms with Gasteiger partial charge in [0.25, 0.3) is 0 Å². The molecule has 0 radical (unpaired) electrons. The number of carbonyl (C=O) groups excluding carboxylic acids is 1. The molecule has 33 heavy (non-hydrogen) atoms. The third kappa shape index (κ3) is 7.05. The Balaban J connectivity index is 1.55. The van der Waals surface area contributed by atoms with Crippen LogP contribution in [-0.2, 0) is 0 Å². The van der Waals surface area contributed by atoms with Crippen molar-refractivity contribution in [3.63, 3.8) is 0 Å². The standard InChI is InChI=1S/C24H24ClN3O5/c1-30-20-10-6-7-11-21(20)32-12-13-33-23-19(25)14-17(15-22(23)31-2)16-26-28-24(29)27-18-8-4-3-5-9-18/h3-11,14-16H,12-13H2,1-2H3,(H2,27,28,29)/b26-16-. The van der Waals surface area contributed by atoms with Crippen LogP contribution >= 0.6 is 11.6 Å². The van der Waals surface area contributed by atoms with E-state index in [1.165, 1.54) is 13.3 Å². The molecule has 8 nitrogen and oxygen atoms in total. The van der Waals surface area contributed by atoms with Gasteiger partial charge >= 0.3 is 6.03 Å². The number of ether oxygens (including phenoxy) is 4. The Morgan fingerprint density at radius 2 is 1.58 bits per heavy atom. The van der Waals surface area contributed by atoms with Crippen molar-refractivity contribution in [2.75, 3.05) is 32.8 Å². The summed E-state index contributed by atoms with van der Waals surface area (Å²) in [6.07, 6.45) is 1.45. The van der Waals surface area contributed by atoms with Crippen molar-refractivity contribution >= 4 is 29.5 Å². The lowest BCUT2D eigenvalue weighted by Gasteiger charge is -2.14. The molecule has 0 aliphatic rings. The van der Waals surface area contributed by atoms with Crippen LogP contribution < -0.4 is 29.7 Å². The highest BCUT2D eigenvalue weighted by Gasteiger charge is 2.12. The molecule has 0 spiro atoms. The number of amides is 2. The lowest BCUT2D eigenvalue weighted by molar-refractivity contribution is 0.206. The van der Waals surface area contributed by atoms with Gasteiger partial charge in [-0.2, -0.15) is 5.10 Å². The van der Waals surface area contributed by atoms with Gasteiger partial charge in [0, 0.05) is 5.69 Å². The molecule has 0 fully saturated rings. The van der Waals surface area contributed by atoms with Crippen molar-refractivity contribution < 1.29 is 23.7 Å². The van der Waals surface area contributed by atoms with Gasteiger partial charge in [0.15, 0.2) is 23.0 Å². The van der Waals surface area contributed by atoms with E-state index in [1.807, 2.05) is 42.5 Å². The summed E-state index contributed by atoms with van der Waals surface area (Å²) in [5, 5.41) is 6.93. The van der Waals surface area contributed by atoms with E-state index >= 15 is 0 Å². The third-order valence-corrected chi connectivity index (χ3v) is 4.60. The molecule has 0 heterocycles. The first-order valence-corrected chi connectivity index (χ1v) is 10.4. The normalized spacial score (nSPS) is 10.5. The summed E-state index contributed by atoms with van der Waals surface area (Å²) in [7, 11) is 3.09. The first kappa shape index (κ1) is 23.7. The zero-order chi connectivity index (χ0) is 23.5. The van der Waals surface area contributed by atoms with E-state index in [0.717, 1.165) is 0 Å². The minimum Gasteiger partial charge on any atom is -0.493 e. The average Bonchev–Trinajstić information content (AvgIpc) is 2.83. The number of para-hydroxylation sites is 3.